The minimum absolute atomic E-state index is 0.571. The first-order valence-electron chi connectivity index (χ1n) is 7.68. The Kier molecular flexibility index (Phi) is 5.90. The first kappa shape index (κ1) is 14.9. The average molecular weight is 276 g/mol. The molecular weight excluding hydrogens is 252 g/mol. The third-order valence-electron chi connectivity index (χ3n) is 3.91. The number of ether oxygens (including phenoxy) is 2. The Labute approximate surface area is 121 Å². The van der Waals surface area contributed by atoms with Crippen molar-refractivity contribution in [1.82, 2.24) is 0 Å². The molecule has 0 N–H and O–H groups in total. The first-order valence-corrected chi connectivity index (χ1v) is 7.68. The van der Waals surface area contributed by atoms with Crippen molar-refractivity contribution in [3.05, 3.63) is 23.8 Å². The van der Waals surface area contributed by atoms with Crippen LogP contribution in [0.1, 0.15) is 55.8 Å². The van der Waals surface area contributed by atoms with Crippen molar-refractivity contribution in [1.29, 1.82) is 0 Å². The third-order valence-corrected chi connectivity index (χ3v) is 3.91. The zero-order valence-electron chi connectivity index (χ0n) is 12.3. The number of carbonyl (C=O) groups is 1. The van der Waals surface area contributed by atoms with Crippen molar-refractivity contribution in [2.24, 2.45) is 5.92 Å². The summed E-state index contributed by atoms with van der Waals surface area (Å²) in [5.41, 5.74) is 0.619. The molecule has 3 heteroatoms. The van der Waals surface area contributed by atoms with Gasteiger partial charge in [-0.15, -0.1) is 0 Å². The number of rotatable bonds is 7. The van der Waals surface area contributed by atoms with E-state index in [1.807, 2.05) is 13.0 Å². The minimum atomic E-state index is 0.571. The SMILES string of the molecule is CCOc1cc(C=O)ccc1OCCC1CCCCC1. The quantitative estimate of drug-likeness (QED) is 0.698. The van der Waals surface area contributed by atoms with Gasteiger partial charge in [0.15, 0.2) is 11.5 Å². The second-order valence-electron chi connectivity index (χ2n) is 5.40. The molecule has 20 heavy (non-hydrogen) atoms. The molecule has 2 rings (SSSR count). The molecule has 1 aromatic carbocycles. The highest BCUT2D eigenvalue weighted by Crippen LogP contribution is 2.30. The Balaban J connectivity index is 1.88. The highest BCUT2D eigenvalue weighted by molar-refractivity contribution is 5.76. The maximum atomic E-state index is 10.8. The van der Waals surface area contributed by atoms with E-state index in [0.29, 0.717) is 17.9 Å². The van der Waals surface area contributed by atoms with Crippen molar-refractivity contribution < 1.29 is 14.3 Å². The monoisotopic (exact) mass is 276 g/mol. The van der Waals surface area contributed by atoms with E-state index >= 15 is 0 Å². The fourth-order valence-corrected chi connectivity index (χ4v) is 2.80. The molecule has 0 bridgehead atoms. The smallest absolute Gasteiger partial charge is 0.161 e. The molecule has 0 aromatic heterocycles. The van der Waals surface area contributed by atoms with Gasteiger partial charge in [-0.1, -0.05) is 32.1 Å². The van der Waals surface area contributed by atoms with Gasteiger partial charge in [0.2, 0.25) is 0 Å². The average Bonchev–Trinajstić information content (AvgIpc) is 2.50. The molecule has 1 aromatic rings. The second-order valence-corrected chi connectivity index (χ2v) is 5.40. The maximum absolute atomic E-state index is 10.8. The summed E-state index contributed by atoms with van der Waals surface area (Å²) in [6, 6.07) is 5.34. The van der Waals surface area contributed by atoms with E-state index < -0.39 is 0 Å². The third kappa shape index (κ3) is 4.26. The first-order chi connectivity index (χ1) is 9.83. The van der Waals surface area contributed by atoms with E-state index in [4.69, 9.17) is 9.47 Å². The van der Waals surface area contributed by atoms with Crippen molar-refractivity contribution in [2.45, 2.75) is 45.4 Å². The molecule has 0 amide bonds. The summed E-state index contributed by atoms with van der Waals surface area (Å²) in [5.74, 6) is 2.22. The summed E-state index contributed by atoms with van der Waals surface area (Å²) in [6.45, 7) is 3.23. The van der Waals surface area contributed by atoms with Gasteiger partial charge < -0.3 is 9.47 Å². The van der Waals surface area contributed by atoms with Crippen LogP contribution in [0.4, 0.5) is 0 Å². The summed E-state index contributed by atoms with van der Waals surface area (Å²) >= 11 is 0. The molecule has 0 aliphatic heterocycles. The predicted molar refractivity (Wildman–Crippen MR) is 79.7 cm³/mol. The number of hydrogen-bond acceptors (Lipinski definition) is 3. The van der Waals surface area contributed by atoms with E-state index in [2.05, 4.69) is 0 Å². The highest BCUT2D eigenvalue weighted by atomic mass is 16.5. The molecule has 0 spiro atoms. The summed E-state index contributed by atoms with van der Waals surface area (Å²) < 4.78 is 11.4. The van der Waals surface area contributed by atoms with Gasteiger partial charge in [-0.05, 0) is 37.5 Å². The molecule has 0 saturated heterocycles. The topological polar surface area (TPSA) is 35.5 Å². The largest absolute Gasteiger partial charge is 0.490 e. The molecule has 1 aliphatic rings. The van der Waals surface area contributed by atoms with E-state index in [9.17, 15) is 4.79 Å². The van der Waals surface area contributed by atoms with E-state index in [0.717, 1.165) is 31.0 Å². The molecule has 0 radical (unpaired) electrons. The van der Waals surface area contributed by atoms with Crippen LogP contribution in [0, 0.1) is 5.92 Å². The molecule has 0 heterocycles. The van der Waals surface area contributed by atoms with Crippen LogP contribution in [0.25, 0.3) is 0 Å². The zero-order chi connectivity index (χ0) is 14.2. The Morgan fingerprint density at radius 3 is 2.65 bits per heavy atom. The van der Waals surface area contributed by atoms with Crippen LogP contribution in [-0.4, -0.2) is 19.5 Å². The standard InChI is InChI=1S/C17H24O3/c1-2-19-17-12-15(13-18)8-9-16(17)20-11-10-14-6-4-3-5-7-14/h8-9,12-14H,2-7,10-11H2,1H3. The summed E-state index contributed by atoms with van der Waals surface area (Å²) in [4.78, 5) is 10.8. The lowest BCUT2D eigenvalue weighted by Crippen LogP contribution is -2.11. The van der Waals surface area contributed by atoms with Gasteiger partial charge in [0.25, 0.3) is 0 Å². The number of aldehydes is 1. The van der Waals surface area contributed by atoms with E-state index in [-0.39, 0.29) is 0 Å². The van der Waals surface area contributed by atoms with Crippen LogP contribution in [0.15, 0.2) is 18.2 Å². The summed E-state index contributed by atoms with van der Waals surface area (Å²) in [5, 5.41) is 0. The Morgan fingerprint density at radius 1 is 1.15 bits per heavy atom. The van der Waals surface area contributed by atoms with E-state index in [1.165, 1.54) is 32.1 Å². The Morgan fingerprint density at radius 2 is 1.95 bits per heavy atom. The molecule has 0 unspecified atom stereocenters. The van der Waals surface area contributed by atoms with Crippen LogP contribution in [0.3, 0.4) is 0 Å². The second kappa shape index (κ2) is 7.93. The molecule has 110 valence electrons. The van der Waals surface area contributed by atoms with Crippen LogP contribution >= 0.6 is 0 Å². The van der Waals surface area contributed by atoms with Gasteiger partial charge in [0.1, 0.15) is 6.29 Å². The number of hydrogen-bond donors (Lipinski definition) is 0. The van der Waals surface area contributed by atoms with Gasteiger partial charge in [-0.25, -0.2) is 0 Å². The van der Waals surface area contributed by atoms with Crippen molar-refractivity contribution in [2.75, 3.05) is 13.2 Å². The fraction of sp³-hybridized carbons (Fsp3) is 0.588. The van der Waals surface area contributed by atoms with Crippen molar-refractivity contribution in [3.63, 3.8) is 0 Å². The molecular formula is C17H24O3. The molecule has 1 fully saturated rings. The van der Waals surface area contributed by atoms with Gasteiger partial charge in [0.05, 0.1) is 13.2 Å². The normalized spacial score (nSPS) is 15.8. The summed E-state index contributed by atoms with van der Waals surface area (Å²) in [7, 11) is 0. The van der Waals surface area contributed by atoms with Crippen molar-refractivity contribution in [3.8, 4) is 11.5 Å². The molecule has 0 atom stereocenters. The van der Waals surface area contributed by atoms with Crippen LogP contribution < -0.4 is 9.47 Å². The maximum Gasteiger partial charge on any atom is 0.161 e. The predicted octanol–water partition coefficient (Wildman–Crippen LogP) is 4.25. The lowest BCUT2D eigenvalue weighted by Gasteiger charge is -2.21. The molecule has 1 saturated carbocycles. The van der Waals surface area contributed by atoms with Gasteiger partial charge in [0, 0.05) is 5.56 Å². The zero-order valence-corrected chi connectivity index (χ0v) is 12.3. The van der Waals surface area contributed by atoms with Gasteiger partial charge in [-0.3, -0.25) is 4.79 Å². The Bertz CT molecular complexity index is 422. The highest BCUT2D eigenvalue weighted by Gasteiger charge is 2.14. The lowest BCUT2D eigenvalue weighted by atomic mass is 9.87. The van der Waals surface area contributed by atoms with Crippen molar-refractivity contribution >= 4 is 6.29 Å². The number of benzene rings is 1. The molecule has 1 aliphatic carbocycles. The lowest BCUT2D eigenvalue weighted by molar-refractivity contribution is 0.112. The van der Waals surface area contributed by atoms with Crippen LogP contribution in [0.2, 0.25) is 0 Å². The van der Waals surface area contributed by atoms with Crippen LogP contribution in [-0.2, 0) is 0 Å². The Hall–Kier alpha value is -1.51. The van der Waals surface area contributed by atoms with Gasteiger partial charge in [-0.2, -0.15) is 0 Å². The van der Waals surface area contributed by atoms with Gasteiger partial charge >= 0.3 is 0 Å². The summed E-state index contributed by atoms with van der Waals surface area (Å²) in [6.07, 6.45) is 8.73. The van der Waals surface area contributed by atoms with E-state index in [1.54, 1.807) is 12.1 Å². The minimum Gasteiger partial charge on any atom is -0.490 e. The number of carbonyl (C=O) groups excluding carboxylic acids is 1. The molecule has 3 nitrogen and oxygen atoms in total. The van der Waals surface area contributed by atoms with Crippen LogP contribution in [0.5, 0.6) is 11.5 Å². The fourth-order valence-electron chi connectivity index (χ4n) is 2.80.